The van der Waals surface area contributed by atoms with Crippen LogP contribution in [0.1, 0.15) is 18.1 Å². The zero-order valence-corrected chi connectivity index (χ0v) is 14.6. The van der Waals surface area contributed by atoms with Crippen LogP contribution in [0.2, 0.25) is 0 Å². The van der Waals surface area contributed by atoms with Crippen LogP contribution in [-0.4, -0.2) is 27.2 Å². The number of carbonyl (C=O) groups is 1. The Kier molecular flexibility index (Phi) is 5.82. The molecule has 2 aromatic heterocycles. The van der Waals surface area contributed by atoms with Crippen molar-refractivity contribution in [1.29, 1.82) is 0 Å². The minimum Gasteiger partial charge on any atom is -0.478 e. The minimum atomic E-state index is -0.241. The van der Waals surface area contributed by atoms with E-state index in [1.807, 2.05) is 54.1 Å². The van der Waals surface area contributed by atoms with Crippen molar-refractivity contribution in [3.63, 3.8) is 0 Å². The third-order valence-corrected chi connectivity index (χ3v) is 3.76. The molecule has 0 aliphatic rings. The maximum absolute atomic E-state index is 12.0. The molecular weight excluding hydrogens is 330 g/mol. The van der Waals surface area contributed by atoms with Gasteiger partial charge in [-0.3, -0.25) is 0 Å². The largest absolute Gasteiger partial charge is 0.478 e. The quantitative estimate of drug-likeness (QED) is 0.686. The van der Waals surface area contributed by atoms with E-state index in [2.05, 4.69) is 20.6 Å². The lowest BCUT2D eigenvalue weighted by atomic mass is 10.2. The first kappa shape index (κ1) is 17.5. The summed E-state index contributed by atoms with van der Waals surface area (Å²) in [6.07, 6.45) is 7.03. The summed E-state index contributed by atoms with van der Waals surface area (Å²) < 4.78 is 7.38. The van der Waals surface area contributed by atoms with Crippen molar-refractivity contribution >= 4 is 6.03 Å². The first-order valence-corrected chi connectivity index (χ1v) is 8.42. The van der Waals surface area contributed by atoms with Gasteiger partial charge in [0.15, 0.2) is 0 Å². The molecule has 0 atom stereocenters. The zero-order valence-electron chi connectivity index (χ0n) is 14.6. The first-order valence-electron chi connectivity index (χ1n) is 8.42. The van der Waals surface area contributed by atoms with Gasteiger partial charge in [0.05, 0.1) is 12.9 Å². The molecule has 0 fully saturated rings. The smallest absolute Gasteiger partial charge is 0.315 e. The van der Waals surface area contributed by atoms with Crippen LogP contribution < -0.4 is 15.4 Å². The van der Waals surface area contributed by atoms with E-state index in [0.29, 0.717) is 25.6 Å². The molecule has 0 spiro atoms. The van der Waals surface area contributed by atoms with E-state index < -0.39 is 0 Å². The number of ether oxygens (including phenoxy) is 1. The average molecular weight is 351 g/mol. The molecule has 134 valence electrons. The topological polar surface area (TPSA) is 81.1 Å². The van der Waals surface area contributed by atoms with Gasteiger partial charge in [-0.25, -0.2) is 14.8 Å². The number of nitrogens with zero attached hydrogens (tertiary/aromatic N) is 3. The Balaban J connectivity index is 1.48. The van der Waals surface area contributed by atoms with Gasteiger partial charge in [0.25, 0.3) is 0 Å². The number of pyridine rings is 1. The third kappa shape index (κ3) is 4.60. The van der Waals surface area contributed by atoms with Crippen molar-refractivity contribution in [2.24, 2.45) is 0 Å². The summed E-state index contributed by atoms with van der Waals surface area (Å²) in [6, 6.07) is 11.4. The van der Waals surface area contributed by atoms with Crippen molar-refractivity contribution < 1.29 is 9.53 Å². The van der Waals surface area contributed by atoms with E-state index in [9.17, 15) is 4.79 Å². The molecular formula is C19H21N5O2. The highest BCUT2D eigenvalue weighted by atomic mass is 16.5. The Morgan fingerprint density at radius 2 is 1.92 bits per heavy atom. The maximum atomic E-state index is 12.0. The van der Waals surface area contributed by atoms with Crippen LogP contribution in [0, 0.1) is 0 Å². The average Bonchev–Trinajstić information content (AvgIpc) is 3.21. The van der Waals surface area contributed by atoms with Gasteiger partial charge in [-0.15, -0.1) is 0 Å². The molecule has 0 aliphatic heterocycles. The van der Waals surface area contributed by atoms with Crippen LogP contribution in [0.4, 0.5) is 4.79 Å². The summed E-state index contributed by atoms with van der Waals surface area (Å²) in [5.41, 5.74) is 2.88. The number of urea groups is 1. The fraction of sp³-hybridized carbons (Fsp3) is 0.211. The van der Waals surface area contributed by atoms with Gasteiger partial charge in [0.2, 0.25) is 5.88 Å². The molecule has 0 unspecified atom stereocenters. The molecule has 2 heterocycles. The van der Waals surface area contributed by atoms with E-state index in [0.717, 1.165) is 16.8 Å². The maximum Gasteiger partial charge on any atom is 0.315 e. The van der Waals surface area contributed by atoms with Crippen molar-refractivity contribution in [3.05, 3.63) is 72.4 Å². The number of amides is 2. The molecule has 2 amide bonds. The molecule has 0 saturated heterocycles. The normalized spacial score (nSPS) is 10.3. The lowest BCUT2D eigenvalue weighted by molar-refractivity contribution is 0.240. The second kappa shape index (κ2) is 8.66. The molecule has 0 bridgehead atoms. The van der Waals surface area contributed by atoms with E-state index in [4.69, 9.17) is 4.74 Å². The molecule has 1 aromatic carbocycles. The molecule has 7 nitrogen and oxygen atoms in total. The number of carbonyl (C=O) groups excluding carboxylic acids is 1. The van der Waals surface area contributed by atoms with Crippen LogP contribution >= 0.6 is 0 Å². The Labute approximate surface area is 152 Å². The number of benzene rings is 1. The number of hydrogen-bond acceptors (Lipinski definition) is 4. The second-order valence-corrected chi connectivity index (χ2v) is 5.57. The zero-order chi connectivity index (χ0) is 18.2. The van der Waals surface area contributed by atoms with Crippen LogP contribution in [0.5, 0.6) is 5.88 Å². The Hall–Kier alpha value is -3.35. The van der Waals surface area contributed by atoms with Gasteiger partial charge < -0.3 is 19.9 Å². The predicted molar refractivity (Wildman–Crippen MR) is 98.0 cm³/mol. The lowest BCUT2D eigenvalue weighted by Crippen LogP contribution is -2.34. The van der Waals surface area contributed by atoms with Gasteiger partial charge in [-0.05, 0) is 30.7 Å². The number of rotatable bonds is 7. The lowest BCUT2D eigenvalue weighted by Gasteiger charge is -2.11. The van der Waals surface area contributed by atoms with E-state index in [-0.39, 0.29) is 6.03 Å². The Morgan fingerprint density at radius 3 is 2.65 bits per heavy atom. The monoisotopic (exact) mass is 351 g/mol. The van der Waals surface area contributed by atoms with Crippen molar-refractivity contribution in [2.45, 2.75) is 20.0 Å². The highest BCUT2D eigenvalue weighted by molar-refractivity contribution is 5.73. The fourth-order valence-corrected chi connectivity index (χ4v) is 2.44. The van der Waals surface area contributed by atoms with Crippen LogP contribution in [0.25, 0.3) is 5.69 Å². The third-order valence-electron chi connectivity index (χ3n) is 3.76. The molecule has 0 saturated carbocycles. The number of hydrogen-bond donors (Lipinski definition) is 2. The summed E-state index contributed by atoms with van der Waals surface area (Å²) in [5.74, 6) is 0.547. The summed E-state index contributed by atoms with van der Waals surface area (Å²) in [7, 11) is 0. The molecule has 0 radical (unpaired) electrons. The van der Waals surface area contributed by atoms with Gasteiger partial charge in [-0.2, -0.15) is 0 Å². The highest BCUT2D eigenvalue weighted by Gasteiger charge is 2.06. The Morgan fingerprint density at radius 1 is 1.12 bits per heavy atom. The van der Waals surface area contributed by atoms with Gasteiger partial charge >= 0.3 is 6.03 Å². The Bertz CT molecular complexity index is 831. The number of nitrogens with one attached hydrogen (secondary N) is 2. The van der Waals surface area contributed by atoms with E-state index >= 15 is 0 Å². The summed E-state index contributed by atoms with van der Waals surface area (Å²) in [5, 5.41) is 5.66. The van der Waals surface area contributed by atoms with Crippen molar-refractivity contribution in [1.82, 2.24) is 25.2 Å². The van der Waals surface area contributed by atoms with Crippen LogP contribution in [0.3, 0.4) is 0 Å². The van der Waals surface area contributed by atoms with Crippen LogP contribution in [-0.2, 0) is 13.1 Å². The van der Waals surface area contributed by atoms with E-state index in [1.54, 1.807) is 18.7 Å². The molecule has 0 aliphatic carbocycles. The minimum absolute atomic E-state index is 0.241. The molecule has 3 aromatic rings. The van der Waals surface area contributed by atoms with Gasteiger partial charge in [0.1, 0.15) is 0 Å². The fourth-order valence-electron chi connectivity index (χ4n) is 2.44. The highest BCUT2D eigenvalue weighted by Crippen LogP contribution is 2.13. The van der Waals surface area contributed by atoms with Gasteiger partial charge in [0, 0.05) is 42.9 Å². The standard InChI is InChI=1S/C19H21N5O2/c1-2-26-18-16(4-3-9-21-18)13-23-19(25)22-12-15-5-7-17(8-6-15)24-11-10-20-14-24/h3-11,14H,2,12-13H2,1H3,(H2,22,23,25). The summed E-state index contributed by atoms with van der Waals surface area (Å²) in [6.45, 7) is 3.23. The molecule has 3 rings (SSSR count). The van der Waals surface area contributed by atoms with E-state index in [1.165, 1.54) is 0 Å². The SMILES string of the molecule is CCOc1ncccc1CNC(=O)NCc1ccc(-n2ccnc2)cc1. The number of aromatic nitrogens is 3. The number of imidazole rings is 1. The summed E-state index contributed by atoms with van der Waals surface area (Å²) in [4.78, 5) is 20.2. The first-order chi connectivity index (χ1) is 12.8. The van der Waals surface area contributed by atoms with Crippen molar-refractivity contribution in [3.8, 4) is 11.6 Å². The molecule has 7 heteroatoms. The molecule has 2 N–H and O–H groups in total. The predicted octanol–water partition coefficient (Wildman–Crippen LogP) is 2.67. The van der Waals surface area contributed by atoms with Gasteiger partial charge in [-0.1, -0.05) is 18.2 Å². The summed E-state index contributed by atoms with van der Waals surface area (Å²) >= 11 is 0. The van der Waals surface area contributed by atoms with Crippen LogP contribution in [0.15, 0.2) is 61.3 Å². The van der Waals surface area contributed by atoms with Crippen molar-refractivity contribution in [2.75, 3.05) is 6.61 Å². The second-order valence-electron chi connectivity index (χ2n) is 5.57. The molecule has 26 heavy (non-hydrogen) atoms.